The molecule has 0 saturated carbocycles. The first-order valence-corrected chi connectivity index (χ1v) is 13.1. The van der Waals surface area contributed by atoms with Gasteiger partial charge >= 0.3 is 0 Å². The van der Waals surface area contributed by atoms with Crippen LogP contribution in [0.4, 0.5) is 0 Å². The predicted molar refractivity (Wildman–Crippen MR) is 139 cm³/mol. The van der Waals surface area contributed by atoms with Crippen LogP contribution >= 0.6 is 0 Å². The molecule has 0 atom stereocenters. The summed E-state index contributed by atoms with van der Waals surface area (Å²) in [6.45, 7) is 8.24. The monoisotopic (exact) mass is 486 g/mol. The van der Waals surface area contributed by atoms with Gasteiger partial charge in [-0.15, -0.1) is 0 Å². The Hall–Kier alpha value is -3.57. The highest BCUT2D eigenvalue weighted by molar-refractivity contribution is 7.91. The molecular weight excluding hydrogens is 456 g/mol. The van der Waals surface area contributed by atoms with E-state index in [0.29, 0.717) is 17.2 Å². The van der Waals surface area contributed by atoms with Gasteiger partial charge in [-0.05, 0) is 85.6 Å². The van der Waals surface area contributed by atoms with E-state index in [-0.39, 0.29) is 21.3 Å². The third-order valence-electron chi connectivity index (χ3n) is 5.95. The van der Waals surface area contributed by atoms with Crippen molar-refractivity contribution in [1.82, 2.24) is 0 Å². The lowest BCUT2D eigenvalue weighted by Gasteiger charge is -2.26. The predicted octanol–water partition coefficient (Wildman–Crippen LogP) is 7.42. The van der Waals surface area contributed by atoms with Gasteiger partial charge in [0, 0.05) is 5.41 Å². The summed E-state index contributed by atoms with van der Waals surface area (Å²) in [5, 5.41) is 0. The highest BCUT2D eigenvalue weighted by Gasteiger charge is 2.23. The number of benzene rings is 4. The van der Waals surface area contributed by atoms with E-state index in [2.05, 4.69) is 50.2 Å². The lowest BCUT2D eigenvalue weighted by molar-refractivity contribution is 0.242. The Kier molecular flexibility index (Phi) is 6.99. The maximum Gasteiger partial charge on any atom is 0.206 e. The highest BCUT2D eigenvalue weighted by atomic mass is 32.2. The van der Waals surface area contributed by atoms with Gasteiger partial charge in [-0.3, -0.25) is 0 Å². The summed E-state index contributed by atoms with van der Waals surface area (Å²) >= 11 is 0. The molecule has 35 heavy (non-hydrogen) atoms. The van der Waals surface area contributed by atoms with Crippen LogP contribution in [0.25, 0.3) is 0 Å². The van der Waals surface area contributed by atoms with Gasteiger partial charge in [0.25, 0.3) is 0 Å². The summed E-state index contributed by atoms with van der Waals surface area (Å²) in [5.74, 6) is 1.90. The standard InChI is InChI=1S/C30H30O4S/c1-22(2)33-25-14-18-28(19-15-25)35(31,32)29-20-16-27(17-21-29)34-26-12-10-24(11-13-26)30(3,4)23-8-6-5-7-9-23/h5-22H,1-4H3. The van der Waals surface area contributed by atoms with Gasteiger partial charge in [-0.2, -0.15) is 0 Å². The molecule has 0 bridgehead atoms. The van der Waals surface area contributed by atoms with Gasteiger partial charge in [0.15, 0.2) is 0 Å². The van der Waals surface area contributed by atoms with Crippen LogP contribution in [-0.4, -0.2) is 14.5 Å². The van der Waals surface area contributed by atoms with Crippen molar-refractivity contribution in [2.45, 2.75) is 49.0 Å². The van der Waals surface area contributed by atoms with Gasteiger partial charge in [0.2, 0.25) is 9.84 Å². The molecule has 0 saturated heterocycles. The van der Waals surface area contributed by atoms with E-state index in [4.69, 9.17) is 9.47 Å². The zero-order chi connectivity index (χ0) is 25.1. The molecule has 4 rings (SSSR count). The largest absolute Gasteiger partial charge is 0.491 e. The van der Waals surface area contributed by atoms with Crippen LogP contribution in [0.5, 0.6) is 17.2 Å². The van der Waals surface area contributed by atoms with Crippen molar-refractivity contribution < 1.29 is 17.9 Å². The molecule has 0 unspecified atom stereocenters. The molecule has 4 aromatic rings. The van der Waals surface area contributed by atoms with Crippen LogP contribution in [-0.2, 0) is 15.3 Å². The van der Waals surface area contributed by atoms with Crippen molar-refractivity contribution in [2.75, 3.05) is 0 Å². The SMILES string of the molecule is CC(C)Oc1ccc(S(=O)(=O)c2ccc(Oc3ccc(C(C)(C)c4ccccc4)cc3)cc2)cc1. The van der Waals surface area contributed by atoms with Gasteiger partial charge in [0.05, 0.1) is 15.9 Å². The van der Waals surface area contributed by atoms with Crippen LogP contribution in [0, 0.1) is 0 Å². The molecule has 0 N–H and O–H groups in total. The van der Waals surface area contributed by atoms with Crippen LogP contribution in [0.3, 0.4) is 0 Å². The molecule has 0 aromatic heterocycles. The van der Waals surface area contributed by atoms with Crippen molar-refractivity contribution >= 4 is 9.84 Å². The second kappa shape index (κ2) is 9.96. The normalized spacial score (nSPS) is 11.9. The first-order chi connectivity index (χ1) is 16.7. The number of ether oxygens (including phenoxy) is 2. The molecule has 0 aliphatic heterocycles. The van der Waals surface area contributed by atoms with Crippen molar-refractivity contribution in [2.24, 2.45) is 0 Å². The van der Waals surface area contributed by atoms with Gasteiger partial charge in [-0.25, -0.2) is 8.42 Å². The maximum atomic E-state index is 13.0. The average molecular weight is 487 g/mol. The smallest absolute Gasteiger partial charge is 0.206 e. The minimum atomic E-state index is -3.63. The molecule has 4 aromatic carbocycles. The minimum absolute atomic E-state index is 0.0246. The fraction of sp³-hybridized carbons (Fsp3) is 0.200. The molecule has 0 amide bonds. The summed E-state index contributed by atoms with van der Waals surface area (Å²) < 4.78 is 37.6. The summed E-state index contributed by atoms with van der Waals surface area (Å²) in [4.78, 5) is 0.432. The third kappa shape index (κ3) is 5.57. The Balaban J connectivity index is 1.46. The number of sulfone groups is 1. The Bertz CT molecular complexity index is 1360. The van der Waals surface area contributed by atoms with Gasteiger partial charge < -0.3 is 9.47 Å². The van der Waals surface area contributed by atoms with Gasteiger partial charge in [-0.1, -0.05) is 56.3 Å². The van der Waals surface area contributed by atoms with E-state index in [9.17, 15) is 8.42 Å². The first kappa shape index (κ1) is 24.6. The average Bonchev–Trinajstić information content (AvgIpc) is 2.85. The second-order valence-electron chi connectivity index (χ2n) is 9.23. The van der Waals surface area contributed by atoms with Crippen molar-refractivity contribution in [3.05, 3.63) is 114 Å². The maximum absolute atomic E-state index is 13.0. The molecule has 0 radical (unpaired) electrons. The number of rotatable bonds is 8. The van der Waals surface area contributed by atoms with Crippen LogP contribution in [0.2, 0.25) is 0 Å². The molecule has 0 aliphatic carbocycles. The fourth-order valence-corrected chi connectivity index (χ4v) is 5.15. The van der Waals surface area contributed by atoms with E-state index in [0.717, 1.165) is 0 Å². The topological polar surface area (TPSA) is 52.6 Å². The Morgan fingerprint density at radius 3 is 1.51 bits per heavy atom. The Morgan fingerprint density at radius 2 is 1.03 bits per heavy atom. The fourth-order valence-electron chi connectivity index (χ4n) is 3.89. The molecule has 0 spiro atoms. The lowest BCUT2D eigenvalue weighted by Crippen LogP contribution is -2.18. The molecule has 0 fully saturated rings. The third-order valence-corrected chi connectivity index (χ3v) is 7.73. The number of hydrogen-bond donors (Lipinski definition) is 0. The number of hydrogen-bond acceptors (Lipinski definition) is 4. The van der Waals surface area contributed by atoms with Gasteiger partial charge in [0.1, 0.15) is 17.2 Å². The van der Waals surface area contributed by atoms with Crippen molar-refractivity contribution in [3.8, 4) is 17.2 Å². The lowest BCUT2D eigenvalue weighted by atomic mass is 9.78. The molecule has 4 nitrogen and oxygen atoms in total. The molecule has 180 valence electrons. The van der Waals surface area contributed by atoms with Crippen LogP contribution < -0.4 is 9.47 Å². The summed E-state index contributed by atoms with van der Waals surface area (Å²) in [5.41, 5.74) is 2.30. The molecule has 0 aliphatic rings. The Morgan fingerprint density at radius 1 is 0.600 bits per heavy atom. The highest BCUT2D eigenvalue weighted by Crippen LogP contribution is 2.33. The van der Waals surface area contributed by atoms with E-state index in [1.165, 1.54) is 11.1 Å². The molecular formula is C30H30O4S. The summed E-state index contributed by atoms with van der Waals surface area (Å²) in [6, 6.07) is 31.3. The van der Waals surface area contributed by atoms with E-state index in [1.54, 1.807) is 48.5 Å². The second-order valence-corrected chi connectivity index (χ2v) is 11.2. The zero-order valence-electron chi connectivity index (χ0n) is 20.4. The Labute approximate surface area is 208 Å². The molecule has 0 heterocycles. The quantitative estimate of drug-likeness (QED) is 0.260. The van der Waals surface area contributed by atoms with Crippen LogP contribution in [0.1, 0.15) is 38.8 Å². The van der Waals surface area contributed by atoms with E-state index >= 15 is 0 Å². The first-order valence-electron chi connectivity index (χ1n) is 11.6. The van der Waals surface area contributed by atoms with E-state index < -0.39 is 9.84 Å². The summed E-state index contributed by atoms with van der Waals surface area (Å²) in [6.07, 6.45) is 0.0246. The van der Waals surface area contributed by atoms with E-state index in [1.807, 2.05) is 32.0 Å². The molecule has 5 heteroatoms. The van der Waals surface area contributed by atoms with Crippen molar-refractivity contribution in [1.29, 1.82) is 0 Å². The zero-order valence-corrected chi connectivity index (χ0v) is 21.3. The summed E-state index contributed by atoms with van der Waals surface area (Å²) in [7, 11) is -3.63. The van der Waals surface area contributed by atoms with Crippen molar-refractivity contribution in [3.63, 3.8) is 0 Å². The van der Waals surface area contributed by atoms with Crippen LogP contribution in [0.15, 0.2) is 113 Å². The minimum Gasteiger partial charge on any atom is -0.491 e.